The lowest BCUT2D eigenvalue weighted by atomic mass is 9.76. The molecule has 12 aromatic carbocycles. The van der Waals surface area contributed by atoms with Crippen LogP contribution >= 0.6 is 0 Å². The number of hydrogen-bond donors (Lipinski definition) is 0. The highest BCUT2D eigenvalue weighted by molar-refractivity contribution is 6.40. The number of rotatable bonds is 11. The molecule has 79 heavy (non-hydrogen) atoms. The smallest absolute Gasteiger partial charge is 0.000105 e. The molecule has 0 N–H and O–H groups in total. The summed E-state index contributed by atoms with van der Waals surface area (Å²) in [6.07, 6.45) is 0. The number of allylic oxidation sites excluding steroid dienone is 5. The van der Waals surface area contributed by atoms with Crippen LogP contribution in [0.25, 0.3) is 106 Å². The van der Waals surface area contributed by atoms with E-state index >= 15 is 0 Å². The van der Waals surface area contributed by atoms with Gasteiger partial charge in [0.2, 0.25) is 0 Å². The molecule has 2 aliphatic rings. The minimum absolute atomic E-state index is 1.17. The third-order valence-corrected chi connectivity index (χ3v) is 16.1. The van der Waals surface area contributed by atoms with Crippen LogP contribution in [0.15, 0.2) is 315 Å². The van der Waals surface area contributed by atoms with Gasteiger partial charge in [0.15, 0.2) is 0 Å². The van der Waals surface area contributed by atoms with Crippen molar-refractivity contribution in [3.05, 3.63) is 354 Å². The molecule has 0 heteroatoms. The van der Waals surface area contributed by atoms with Gasteiger partial charge in [-0.25, -0.2) is 0 Å². The van der Waals surface area contributed by atoms with E-state index in [1.165, 1.54) is 150 Å². The first-order valence-electron chi connectivity index (χ1n) is 27.4. The third kappa shape index (κ3) is 8.52. The average molecular weight is 1000 g/mol. The van der Waals surface area contributed by atoms with Crippen molar-refractivity contribution >= 4 is 27.9 Å². The van der Waals surface area contributed by atoms with E-state index in [1.807, 2.05) is 0 Å². The van der Waals surface area contributed by atoms with Gasteiger partial charge >= 0.3 is 0 Å². The molecule has 0 aromatic heterocycles. The third-order valence-electron chi connectivity index (χ3n) is 16.1. The summed E-state index contributed by atoms with van der Waals surface area (Å²) in [5, 5.41) is 0. The fourth-order valence-corrected chi connectivity index (χ4v) is 12.4. The Morgan fingerprint density at radius 3 is 0.684 bits per heavy atom. The van der Waals surface area contributed by atoms with Crippen LogP contribution in [0.5, 0.6) is 0 Å². The Kier molecular flexibility index (Phi) is 12.2. The standard InChI is InChI=1S/C79H54/c1-53-69(62-31-17-6-18-32-62)71(63-33-19-7-20-34-63)74(66-47-39-59(40-48-66)55-25-11-3-12-26-55)77-70(53)78-73(64-35-21-8-22-36-64)72(65-45-37-58(38-46-65)54-23-9-2-10-24-54)75(67-49-41-60(42-50-67)56-27-13-4-14-28-56)79(78)76(77)68-51-43-61(44-52-68)57-29-15-5-16-30-57/h2-52H,1H3. The maximum atomic E-state index is 2.39. The van der Waals surface area contributed by atoms with Crippen LogP contribution in [0.1, 0.15) is 38.9 Å². The molecule has 12 aromatic rings. The fourth-order valence-electron chi connectivity index (χ4n) is 12.4. The first-order valence-corrected chi connectivity index (χ1v) is 27.4. The quantitative estimate of drug-likeness (QED) is 0.121. The topological polar surface area (TPSA) is 0 Å². The minimum atomic E-state index is 1.17. The van der Waals surface area contributed by atoms with Gasteiger partial charge in [0, 0.05) is 0 Å². The van der Waals surface area contributed by atoms with Gasteiger partial charge in [0.05, 0.1) is 0 Å². The Hall–Kier alpha value is -10.1. The Morgan fingerprint density at radius 2 is 0.329 bits per heavy atom. The van der Waals surface area contributed by atoms with Crippen LogP contribution in [0, 0.1) is 6.92 Å². The molecular weight excluding hydrogens is 949 g/mol. The first kappa shape index (κ1) is 47.3. The van der Waals surface area contributed by atoms with Gasteiger partial charge in [-0.1, -0.05) is 309 Å². The van der Waals surface area contributed by atoms with Crippen molar-refractivity contribution in [3.63, 3.8) is 0 Å². The maximum absolute atomic E-state index is 2.39. The number of benzene rings is 12. The van der Waals surface area contributed by atoms with Crippen LogP contribution in [0.2, 0.25) is 0 Å². The van der Waals surface area contributed by atoms with Crippen molar-refractivity contribution < 1.29 is 0 Å². The summed E-state index contributed by atoms with van der Waals surface area (Å²) in [5.41, 5.74) is 32.7. The van der Waals surface area contributed by atoms with Crippen LogP contribution in [0.3, 0.4) is 0 Å². The van der Waals surface area contributed by atoms with Crippen LogP contribution in [-0.2, 0) is 0 Å². The molecule has 0 spiro atoms. The normalized spacial score (nSPS) is 12.7. The number of fused-ring (bicyclic) bond motifs is 3. The lowest BCUT2D eigenvalue weighted by Gasteiger charge is -2.26. The van der Waals surface area contributed by atoms with E-state index in [2.05, 4.69) is 316 Å². The van der Waals surface area contributed by atoms with Gasteiger partial charge in [-0.05, 0) is 157 Å². The predicted molar refractivity (Wildman–Crippen MR) is 335 cm³/mol. The Labute approximate surface area is 464 Å². The largest absolute Gasteiger partial charge is 0.0622 e. The van der Waals surface area contributed by atoms with E-state index in [9.17, 15) is 0 Å². The lowest BCUT2D eigenvalue weighted by Crippen LogP contribution is -2.04. The van der Waals surface area contributed by atoms with E-state index in [-0.39, 0.29) is 0 Å². The van der Waals surface area contributed by atoms with Gasteiger partial charge in [-0.2, -0.15) is 0 Å². The van der Waals surface area contributed by atoms with Crippen molar-refractivity contribution in [1.29, 1.82) is 0 Å². The highest BCUT2D eigenvalue weighted by Gasteiger charge is 2.44. The number of hydrogen-bond acceptors (Lipinski definition) is 0. The summed E-state index contributed by atoms with van der Waals surface area (Å²) in [6.45, 7) is 2.39. The molecule has 0 atom stereocenters. The average Bonchev–Trinajstić information content (AvgIpc) is 3.99. The lowest BCUT2D eigenvalue weighted by molar-refractivity contribution is 1.40. The summed E-state index contributed by atoms with van der Waals surface area (Å²) in [4.78, 5) is 0. The van der Waals surface area contributed by atoms with Gasteiger partial charge in [0.25, 0.3) is 0 Å². The molecule has 0 nitrogen and oxygen atoms in total. The highest BCUT2D eigenvalue weighted by Crippen LogP contribution is 2.65. The van der Waals surface area contributed by atoms with E-state index in [0.717, 1.165) is 0 Å². The van der Waals surface area contributed by atoms with E-state index < -0.39 is 0 Å². The molecule has 0 bridgehead atoms. The molecule has 0 saturated carbocycles. The zero-order chi connectivity index (χ0) is 52.7. The molecule has 0 aliphatic heterocycles. The second-order valence-electron chi connectivity index (χ2n) is 20.6. The summed E-state index contributed by atoms with van der Waals surface area (Å²) < 4.78 is 0. The van der Waals surface area contributed by atoms with Gasteiger partial charge in [0.1, 0.15) is 0 Å². The van der Waals surface area contributed by atoms with Crippen molar-refractivity contribution in [2.75, 3.05) is 0 Å². The van der Waals surface area contributed by atoms with E-state index in [1.54, 1.807) is 0 Å². The molecule has 2 aliphatic carbocycles. The fraction of sp³-hybridized carbons (Fsp3) is 0.0127. The van der Waals surface area contributed by atoms with Crippen molar-refractivity contribution in [2.45, 2.75) is 6.92 Å². The van der Waals surface area contributed by atoms with E-state index in [0.29, 0.717) is 0 Å². The van der Waals surface area contributed by atoms with Crippen LogP contribution < -0.4 is 0 Å². The monoisotopic (exact) mass is 1000 g/mol. The molecule has 0 radical (unpaired) electrons. The van der Waals surface area contributed by atoms with Gasteiger partial charge < -0.3 is 0 Å². The minimum Gasteiger partial charge on any atom is -0.0622 e. The summed E-state index contributed by atoms with van der Waals surface area (Å²) in [7, 11) is 0. The molecule has 0 unspecified atom stereocenters. The Bertz CT molecular complexity index is 4270. The second-order valence-corrected chi connectivity index (χ2v) is 20.6. The van der Waals surface area contributed by atoms with Gasteiger partial charge in [-0.3, -0.25) is 0 Å². The molecular formula is C79H54. The molecule has 370 valence electrons. The van der Waals surface area contributed by atoms with Crippen LogP contribution in [0.4, 0.5) is 0 Å². The van der Waals surface area contributed by atoms with Gasteiger partial charge in [-0.15, -0.1) is 0 Å². The summed E-state index contributed by atoms with van der Waals surface area (Å²) in [6, 6.07) is 114. The zero-order valence-corrected chi connectivity index (χ0v) is 43.9. The zero-order valence-electron chi connectivity index (χ0n) is 43.9. The van der Waals surface area contributed by atoms with Crippen molar-refractivity contribution in [3.8, 4) is 77.9 Å². The maximum Gasteiger partial charge on any atom is -0.000105 e. The van der Waals surface area contributed by atoms with E-state index in [4.69, 9.17) is 0 Å². The van der Waals surface area contributed by atoms with Crippen molar-refractivity contribution in [1.82, 2.24) is 0 Å². The SMILES string of the molecule is Cc1c2c(c(-c3ccc(-c4ccccc4)cc3)c(-c3ccccc3)c1-c1ccccc1)C(c1ccc(-c3ccccc3)cc1)=C1C(c3ccc(-c4ccccc4)cc3)=C(c3ccc(-c4ccccc4)cc3)C(c3ccccc3)=C12. The highest BCUT2D eigenvalue weighted by atomic mass is 14.5. The molecule has 14 rings (SSSR count). The molecule has 0 heterocycles. The molecule has 0 fully saturated rings. The summed E-state index contributed by atoms with van der Waals surface area (Å²) in [5.74, 6) is 0. The molecule has 0 amide bonds. The Morgan fingerprint density at radius 1 is 0.127 bits per heavy atom. The summed E-state index contributed by atoms with van der Waals surface area (Å²) >= 11 is 0. The van der Waals surface area contributed by atoms with Crippen LogP contribution in [-0.4, -0.2) is 0 Å². The predicted octanol–water partition coefficient (Wildman–Crippen LogP) is 21.0. The second kappa shape index (κ2) is 20.4. The molecule has 0 saturated heterocycles. The first-order chi connectivity index (χ1) is 39.2. The Balaban J connectivity index is 1.16. The van der Waals surface area contributed by atoms with Crippen molar-refractivity contribution in [2.24, 2.45) is 0 Å².